The van der Waals surface area contributed by atoms with Crippen LogP contribution in [-0.4, -0.2) is 9.13 Å². The van der Waals surface area contributed by atoms with Crippen LogP contribution in [-0.2, 0) is 0 Å². The van der Waals surface area contributed by atoms with Gasteiger partial charge in [0.25, 0.3) is 0 Å². The van der Waals surface area contributed by atoms with E-state index in [-0.39, 0.29) is 0 Å². The second kappa shape index (κ2) is 10.8. The Hall–Kier alpha value is -6.84. The monoisotopic (exact) mass is 650 g/mol. The largest absolute Gasteiger partial charge is 0.456 e. The molecule has 0 N–H and O–H groups in total. The molecule has 0 unspecified atom stereocenters. The maximum atomic E-state index is 6.19. The van der Waals surface area contributed by atoms with Crippen LogP contribution in [0.5, 0.6) is 0 Å². The summed E-state index contributed by atoms with van der Waals surface area (Å²) in [6.07, 6.45) is 0. The van der Waals surface area contributed by atoms with Crippen LogP contribution in [0.3, 0.4) is 0 Å². The lowest BCUT2D eigenvalue weighted by molar-refractivity contribution is 0.669. The minimum Gasteiger partial charge on any atom is -0.456 e. The van der Waals surface area contributed by atoms with Gasteiger partial charge in [-0.2, -0.15) is 0 Å². The van der Waals surface area contributed by atoms with Gasteiger partial charge >= 0.3 is 0 Å². The molecule has 0 saturated heterocycles. The van der Waals surface area contributed by atoms with E-state index in [0.29, 0.717) is 0 Å². The average Bonchev–Trinajstić information content (AvgIpc) is 3.85. The minimum absolute atomic E-state index is 0.903. The molecule has 11 aromatic rings. The second-order valence-corrected chi connectivity index (χ2v) is 13.3. The van der Waals surface area contributed by atoms with Crippen molar-refractivity contribution in [3.8, 4) is 33.6 Å². The van der Waals surface area contributed by atoms with Gasteiger partial charge < -0.3 is 13.6 Å². The van der Waals surface area contributed by atoms with Crippen LogP contribution in [0.4, 0.5) is 0 Å². The van der Waals surface area contributed by atoms with Crippen molar-refractivity contribution in [2.24, 2.45) is 0 Å². The Bertz CT molecular complexity index is 3130. The predicted octanol–water partition coefficient (Wildman–Crippen LogP) is 13.1. The molecular formula is C48H30N2O. The number of nitrogens with zero attached hydrogens (tertiary/aromatic N) is 2. The summed E-state index contributed by atoms with van der Waals surface area (Å²) in [5.74, 6) is 0. The fraction of sp³-hybridized carbons (Fsp3) is 0. The Morgan fingerprint density at radius 2 is 0.863 bits per heavy atom. The zero-order valence-electron chi connectivity index (χ0n) is 27.6. The first-order valence-corrected chi connectivity index (χ1v) is 17.4. The number of fused-ring (bicyclic) bond motifs is 9. The van der Waals surface area contributed by atoms with E-state index in [1.807, 2.05) is 12.1 Å². The molecule has 0 spiro atoms. The summed E-state index contributed by atoms with van der Waals surface area (Å²) in [4.78, 5) is 0. The zero-order chi connectivity index (χ0) is 33.5. The average molecular weight is 651 g/mol. The van der Waals surface area contributed by atoms with Gasteiger partial charge in [0.2, 0.25) is 0 Å². The Morgan fingerprint density at radius 3 is 1.63 bits per heavy atom. The number of hydrogen-bond acceptors (Lipinski definition) is 1. The molecule has 0 bridgehead atoms. The highest BCUT2D eigenvalue weighted by molar-refractivity contribution is 6.15. The summed E-state index contributed by atoms with van der Waals surface area (Å²) in [6.45, 7) is 0. The van der Waals surface area contributed by atoms with Crippen molar-refractivity contribution in [1.82, 2.24) is 9.13 Å². The van der Waals surface area contributed by atoms with E-state index in [1.165, 1.54) is 65.9 Å². The highest BCUT2D eigenvalue weighted by Gasteiger charge is 2.19. The highest BCUT2D eigenvalue weighted by atomic mass is 16.3. The predicted molar refractivity (Wildman–Crippen MR) is 213 cm³/mol. The lowest BCUT2D eigenvalue weighted by Gasteiger charge is -2.14. The number of aromatic nitrogens is 2. The third-order valence-corrected chi connectivity index (χ3v) is 10.5. The summed E-state index contributed by atoms with van der Waals surface area (Å²) >= 11 is 0. The molecule has 3 heteroatoms. The van der Waals surface area contributed by atoms with Crippen molar-refractivity contribution in [3.63, 3.8) is 0 Å². The molecule has 3 heterocycles. The first kappa shape index (κ1) is 28.0. The van der Waals surface area contributed by atoms with Crippen molar-refractivity contribution in [2.75, 3.05) is 0 Å². The Morgan fingerprint density at radius 1 is 0.294 bits per heavy atom. The van der Waals surface area contributed by atoms with Crippen molar-refractivity contribution >= 4 is 65.6 Å². The van der Waals surface area contributed by atoms with Gasteiger partial charge in [-0.3, -0.25) is 0 Å². The van der Waals surface area contributed by atoms with Gasteiger partial charge in [0.15, 0.2) is 0 Å². The van der Waals surface area contributed by atoms with Crippen molar-refractivity contribution < 1.29 is 4.42 Å². The standard InChI is InChI=1S/C48H30N2O/c1-3-13-31(14-4-1)39-30-46-41(36-18-8-10-20-43(36)49(46)33-15-5-2-6-16-33)29-38(39)32-23-25-45-40(27-32)35-17-7-11-21-44(35)50(45)34-24-26-48-42(28-34)37-19-9-12-22-47(37)51-48/h1-30H. The molecule has 238 valence electrons. The number of furan rings is 1. The molecule has 51 heavy (non-hydrogen) atoms. The maximum absolute atomic E-state index is 6.19. The van der Waals surface area contributed by atoms with Crippen molar-refractivity contribution in [3.05, 3.63) is 182 Å². The third kappa shape index (κ3) is 4.19. The SMILES string of the molecule is c1ccc(-c2cc3c(cc2-c2ccc4c(c2)c2ccccc2n4-c2ccc4oc5ccccc5c4c2)c2ccccc2n3-c2ccccc2)cc1. The van der Waals surface area contributed by atoms with E-state index in [2.05, 4.69) is 179 Å². The molecule has 0 aliphatic rings. The Kier molecular flexibility index (Phi) is 5.96. The molecule has 3 nitrogen and oxygen atoms in total. The number of para-hydroxylation sites is 4. The molecule has 3 aromatic heterocycles. The van der Waals surface area contributed by atoms with Gasteiger partial charge in [-0.15, -0.1) is 0 Å². The van der Waals surface area contributed by atoms with E-state index in [4.69, 9.17) is 4.42 Å². The fourth-order valence-corrected chi connectivity index (χ4v) is 8.24. The van der Waals surface area contributed by atoms with Crippen LogP contribution in [0, 0.1) is 0 Å². The lowest BCUT2D eigenvalue weighted by atomic mass is 9.92. The second-order valence-electron chi connectivity index (χ2n) is 13.3. The van der Waals surface area contributed by atoms with Gasteiger partial charge in [-0.05, 0) is 95.1 Å². The van der Waals surface area contributed by atoms with Gasteiger partial charge in [-0.25, -0.2) is 0 Å². The van der Waals surface area contributed by atoms with Gasteiger partial charge in [-0.1, -0.05) is 109 Å². The van der Waals surface area contributed by atoms with E-state index >= 15 is 0 Å². The fourth-order valence-electron chi connectivity index (χ4n) is 8.24. The van der Waals surface area contributed by atoms with E-state index < -0.39 is 0 Å². The molecule has 0 aliphatic carbocycles. The van der Waals surface area contributed by atoms with Crippen molar-refractivity contribution in [1.29, 1.82) is 0 Å². The van der Waals surface area contributed by atoms with Gasteiger partial charge in [0.1, 0.15) is 11.2 Å². The molecule has 0 aliphatic heterocycles. The van der Waals surface area contributed by atoms with Crippen LogP contribution in [0.15, 0.2) is 186 Å². The minimum atomic E-state index is 0.903. The number of rotatable bonds is 4. The van der Waals surface area contributed by atoms with E-state index in [0.717, 1.165) is 33.3 Å². The summed E-state index contributed by atoms with van der Waals surface area (Å²) in [7, 11) is 0. The van der Waals surface area contributed by atoms with Gasteiger partial charge in [0.05, 0.1) is 22.1 Å². The normalized spacial score (nSPS) is 11.9. The molecular weight excluding hydrogens is 621 g/mol. The Labute approximate surface area is 293 Å². The smallest absolute Gasteiger partial charge is 0.135 e. The molecule has 11 rings (SSSR count). The molecule has 0 radical (unpaired) electrons. The topological polar surface area (TPSA) is 23.0 Å². The summed E-state index contributed by atoms with van der Waals surface area (Å²) in [6, 6.07) is 65.6. The maximum Gasteiger partial charge on any atom is 0.135 e. The van der Waals surface area contributed by atoms with Crippen LogP contribution >= 0.6 is 0 Å². The van der Waals surface area contributed by atoms with E-state index in [9.17, 15) is 0 Å². The number of benzene rings is 8. The van der Waals surface area contributed by atoms with Crippen LogP contribution in [0.25, 0.3) is 99.2 Å². The quantitative estimate of drug-likeness (QED) is 0.186. The van der Waals surface area contributed by atoms with Crippen LogP contribution in [0.1, 0.15) is 0 Å². The summed E-state index contributed by atoms with van der Waals surface area (Å²) in [5, 5.41) is 7.21. The molecule has 0 atom stereocenters. The number of hydrogen-bond donors (Lipinski definition) is 0. The van der Waals surface area contributed by atoms with Crippen molar-refractivity contribution in [2.45, 2.75) is 0 Å². The van der Waals surface area contributed by atoms with E-state index in [1.54, 1.807) is 0 Å². The Balaban J connectivity index is 1.18. The molecule has 0 saturated carbocycles. The summed E-state index contributed by atoms with van der Waals surface area (Å²) in [5.41, 5.74) is 13.7. The first-order valence-electron chi connectivity index (χ1n) is 17.4. The molecule has 0 amide bonds. The highest BCUT2D eigenvalue weighted by Crippen LogP contribution is 2.43. The van der Waals surface area contributed by atoms with Crippen LogP contribution in [0.2, 0.25) is 0 Å². The molecule has 0 fully saturated rings. The summed E-state index contributed by atoms with van der Waals surface area (Å²) < 4.78 is 11.0. The lowest BCUT2D eigenvalue weighted by Crippen LogP contribution is -1.94. The molecule has 8 aromatic carbocycles. The van der Waals surface area contributed by atoms with Gasteiger partial charge in [0, 0.05) is 43.7 Å². The first-order chi connectivity index (χ1) is 25.3. The zero-order valence-corrected chi connectivity index (χ0v) is 27.6. The third-order valence-electron chi connectivity index (χ3n) is 10.5. The van der Waals surface area contributed by atoms with Crippen LogP contribution < -0.4 is 0 Å².